The number of rotatable bonds is 3. The standard InChI is InChI=1S/C13H12ClN3O2/c1-19-13(18)8-2-4-10(5-3-8)17-12-11(14)6-9(15)7-16-12/h2-7H,15H2,1H3,(H,16,17). The quantitative estimate of drug-likeness (QED) is 0.844. The highest BCUT2D eigenvalue weighted by atomic mass is 35.5. The molecule has 0 radical (unpaired) electrons. The second kappa shape index (κ2) is 5.58. The number of benzene rings is 1. The number of aromatic nitrogens is 1. The minimum Gasteiger partial charge on any atom is -0.465 e. The maximum atomic E-state index is 11.3. The summed E-state index contributed by atoms with van der Waals surface area (Å²) in [6, 6.07) is 8.39. The highest BCUT2D eigenvalue weighted by molar-refractivity contribution is 6.33. The summed E-state index contributed by atoms with van der Waals surface area (Å²) in [7, 11) is 1.34. The third-order valence-electron chi connectivity index (χ3n) is 2.43. The first kappa shape index (κ1) is 13.2. The molecule has 0 aliphatic rings. The van der Waals surface area contributed by atoms with Gasteiger partial charge in [0.1, 0.15) is 5.82 Å². The highest BCUT2D eigenvalue weighted by Gasteiger charge is 2.06. The summed E-state index contributed by atoms with van der Waals surface area (Å²) in [6.45, 7) is 0. The molecule has 0 saturated carbocycles. The first-order valence-corrected chi connectivity index (χ1v) is 5.84. The molecule has 0 unspecified atom stereocenters. The first-order chi connectivity index (χ1) is 9.10. The van der Waals surface area contributed by atoms with E-state index in [0.717, 1.165) is 5.69 Å². The summed E-state index contributed by atoms with van der Waals surface area (Å²) in [6.07, 6.45) is 1.51. The molecule has 0 bridgehead atoms. The van der Waals surface area contributed by atoms with Gasteiger partial charge in [-0.2, -0.15) is 0 Å². The van der Waals surface area contributed by atoms with Crippen molar-refractivity contribution in [1.29, 1.82) is 0 Å². The maximum Gasteiger partial charge on any atom is 0.337 e. The van der Waals surface area contributed by atoms with Crippen molar-refractivity contribution in [2.45, 2.75) is 0 Å². The lowest BCUT2D eigenvalue weighted by Gasteiger charge is -2.08. The predicted molar refractivity (Wildman–Crippen MR) is 74.7 cm³/mol. The van der Waals surface area contributed by atoms with Gasteiger partial charge in [0, 0.05) is 5.69 Å². The first-order valence-electron chi connectivity index (χ1n) is 5.46. The number of carbonyl (C=O) groups excluding carboxylic acids is 1. The summed E-state index contributed by atoms with van der Waals surface area (Å²) in [5.41, 5.74) is 7.29. The molecular formula is C13H12ClN3O2. The monoisotopic (exact) mass is 277 g/mol. The molecule has 0 atom stereocenters. The SMILES string of the molecule is COC(=O)c1ccc(Nc2ncc(N)cc2Cl)cc1. The number of ether oxygens (including phenoxy) is 1. The van der Waals surface area contributed by atoms with E-state index in [2.05, 4.69) is 15.0 Å². The van der Waals surface area contributed by atoms with E-state index in [1.165, 1.54) is 13.3 Å². The zero-order valence-corrected chi connectivity index (χ0v) is 10.9. The van der Waals surface area contributed by atoms with Gasteiger partial charge in [0.25, 0.3) is 0 Å². The van der Waals surface area contributed by atoms with Crippen LogP contribution in [0.3, 0.4) is 0 Å². The lowest BCUT2D eigenvalue weighted by molar-refractivity contribution is 0.0601. The minimum absolute atomic E-state index is 0.379. The smallest absolute Gasteiger partial charge is 0.337 e. The van der Waals surface area contributed by atoms with Crippen molar-refractivity contribution in [2.75, 3.05) is 18.2 Å². The van der Waals surface area contributed by atoms with Gasteiger partial charge in [-0.25, -0.2) is 9.78 Å². The van der Waals surface area contributed by atoms with Gasteiger partial charge in [0.05, 0.1) is 29.6 Å². The van der Waals surface area contributed by atoms with E-state index in [4.69, 9.17) is 17.3 Å². The third kappa shape index (κ3) is 3.14. The number of halogens is 1. The molecule has 19 heavy (non-hydrogen) atoms. The van der Waals surface area contributed by atoms with E-state index < -0.39 is 0 Å². The van der Waals surface area contributed by atoms with E-state index in [0.29, 0.717) is 22.1 Å². The van der Waals surface area contributed by atoms with E-state index in [9.17, 15) is 4.79 Å². The van der Waals surface area contributed by atoms with Crippen LogP contribution in [0.25, 0.3) is 0 Å². The Morgan fingerprint density at radius 2 is 2.05 bits per heavy atom. The van der Waals surface area contributed by atoms with Crippen LogP contribution >= 0.6 is 11.6 Å². The van der Waals surface area contributed by atoms with Crippen LogP contribution < -0.4 is 11.1 Å². The molecule has 5 nitrogen and oxygen atoms in total. The Bertz CT molecular complexity index is 599. The van der Waals surface area contributed by atoms with Crippen LogP contribution in [0, 0.1) is 0 Å². The van der Waals surface area contributed by atoms with E-state index in [1.54, 1.807) is 30.3 Å². The Balaban J connectivity index is 2.17. The number of nitrogens with two attached hydrogens (primary N) is 1. The molecule has 0 fully saturated rings. The van der Waals surface area contributed by atoms with E-state index in [-0.39, 0.29) is 5.97 Å². The van der Waals surface area contributed by atoms with E-state index >= 15 is 0 Å². The fraction of sp³-hybridized carbons (Fsp3) is 0.0769. The summed E-state index contributed by atoms with van der Waals surface area (Å²) in [4.78, 5) is 15.4. The topological polar surface area (TPSA) is 77.2 Å². The van der Waals surface area contributed by atoms with Gasteiger partial charge in [0.15, 0.2) is 0 Å². The van der Waals surface area contributed by atoms with Gasteiger partial charge >= 0.3 is 5.97 Å². The molecule has 3 N–H and O–H groups in total. The second-order valence-electron chi connectivity index (χ2n) is 3.79. The van der Waals surface area contributed by atoms with Crippen molar-refractivity contribution in [2.24, 2.45) is 0 Å². The number of nitrogen functional groups attached to an aromatic ring is 1. The van der Waals surface area contributed by atoms with Crippen molar-refractivity contribution in [1.82, 2.24) is 4.98 Å². The lowest BCUT2D eigenvalue weighted by Crippen LogP contribution is -2.01. The lowest BCUT2D eigenvalue weighted by atomic mass is 10.2. The average molecular weight is 278 g/mol. The molecular weight excluding hydrogens is 266 g/mol. The molecule has 0 saturated heterocycles. The number of pyridine rings is 1. The molecule has 2 aromatic rings. The Kier molecular flexibility index (Phi) is 3.87. The average Bonchev–Trinajstić information content (AvgIpc) is 2.42. The number of anilines is 3. The van der Waals surface area contributed by atoms with Crippen molar-refractivity contribution < 1.29 is 9.53 Å². The van der Waals surface area contributed by atoms with Gasteiger partial charge in [-0.05, 0) is 30.3 Å². The Hall–Kier alpha value is -2.27. The number of nitrogens with one attached hydrogen (secondary N) is 1. The summed E-state index contributed by atoms with van der Waals surface area (Å²) in [5.74, 6) is 0.122. The molecule has 0 amide bonds. The molecule has 0 spiro atoms. The van der Waals surface area contributed by atoms with Crippen LogP contribution in [0.15, 0.2) is 36.5 Å². The highest BCUT2D eigenvalue weighted by Crippen LogP contribution is 2.24. The Labute approximate surface area is 115 Å². The van der Waals surface area contributed by atoms with Crippen molar-refractivity contribution in [3.63, 3.8) is 0 Å². The molecule has 98 valence electrons. The van der Waals surface area contributed by atoms with Gasteiger partial charge in [-0.15, -0.1) is 0 Å². The van der Waals surface area contributed by atoms with Gasteiger partial charge in [-0.3, -0.25) is 0 Å². The molecule has 2 rings (SSSR count). The largest absolute Gasteiger partial charge is 0.465 e. The van der Waals surface area contributed by atoms with Crippen LogP contribution in [0.1, 0.15) is 10.4 Å². The van der Waals surface area contributed by atoms with Crippen LogP contribution in [0.5, 0.6) is 0 Å². The van der Waals surface area contributed by atoms with Crippen molar-refractivity contribution in [3.05, 3.63) is 47.1 Å². The number of carbonyl (C=O) groups is 1. The zero-order chi connectivity index (χ0) is 13.8. The van der Waals surface area contributed by atoms with Gasteiger partial charge < -0.3 is 15.8 Å². The number of esters is 1. The molecule has 1 aromatic heterocycles. The Morgan fingerprint density at radius 1 is 1.37 bits per heavy atom. The number of hydrogen-bond donors (Lipinski definition) is 2. The molecule has 0 aliphatic heterocycles. The van der Waals surface area contributed by atoms with Gasteiger partial charge in [-0.1, -0.05) is 11.6 Å². The van der Waals surface area contributed by atoms with Crippen LogP contribution in [-0.2, 0) is 4.74 Å². The van der Waals surface area contributed by atoms with Crippen LogP contribution in [0.2, 0.25) is 5.02 Å². The summed E-state index contributed by atoms with van der Waals surface area (Å²) in [5, 5.41) is 3.46. The normalized spacial score (nSPS) is 10.0. The molecule has 0 aliphatic carbocycles. The third-order valence-corrected chi connectivity index (χ3v) is 2.72. The maximum absolute atomic E-state index is 11.3. The molecule has 6 heteroatoms. The molecule has 1 heterocycles. The fourth-order valence-electron chi connectivity index (χ4n) is 1.49. The van der Waals surface area contributed by atoms with Gasteiger partial charge in [0.2, 0.25) is 0 Å². The molecule has 1 aromatic carbocycles. The van der Waals surface area contributed by atoms with Crippen LogP contribution in [0.4, 0.5) is 17.2 Å². The minimum atomic E-state index is -0.379. The number of hydrogen-bond acceptors (Lipinski definition) is 5. The number of methoxy groups -OCH3 is 1. The predicted octanol–water partition coefficient (Wildman–Crippen LogP) is 2.85. The van der Waals surface area contributed by atoms with Crippen LogP contribution in [-0.4, -0.2) is 18.1 Å². The summed E-state index contributed by atoms with van der Waals surface area (Å²) < 4.78 is 4.62. The fourth-order valence-corrected chi connectivity index (χ4v) is 1.71. The number of nitrogens with zero attached hydrogens (tertiary/aromatic N) is 1. The second-order valence-corrected chi connectivity index (χ2v) is 4.20. The Morgan fingerprint density at radius 3 is 2.63 bits per heavy atom. The van der Waals surface area contributed by atoms with E-state index in [1.807, 2.05) is 0 Å². The van der Waals surface area contributed by atoms with Crippen molar-refractivity contribution >= 4 is 34.8 Å². The van der Waals surface area contributed by atoms with Crippen molar-refractivity contribution in [3.8, 4) is 0 Å². The summed E-state index contributed by atoms with van der Waals surface area (Å²) >= 11 is 6.00. The zero-order valence-electron chi connectivity index (χ0n) is 10.2.